The molecule has 6 heteroatoms. The maximum Gasteiger partial charge on any atom is 0.598 e. The molecule has 0 radical (unpaired) electrons. The molecule has 2 aromatic carbocycles. The predicted molar refractivity (Wildman–Crippen MR) is 95.2 cm³/mol. The van der Waals surface area contributed by atoms with Gasteiger partial charge in [-0.2, -0.15) is 0 Å². The lowest BCUT2D eigenvalue weighted by Gasteiger charge is -2.31. The van der Waals surface area contributed by atoms with E-state index in [4.69, 9.17) is 18.6 Å². The zero-order valence-electron chi connectivity index (χ0n) is 13.8. The third kappa shape index (κ3) is 2.03. The Morgan fingerprint density at radius 2 is 0.960 bits per heavy atom. The number of fused-ring (bicyclic) bond motifs is 4. The summed E-state index contributed by atoms with van der Waals surface area (Å²) in [6, 6.07) is 15.9. The molecule has 2 aromatic rings. The molecule has 0 aromatic heterocycles. The smallest absolute Gasteiger partial charge is 0.523 e. The van der Waals surface area contributed by atoms with Gasteiger partial charge in [0.15, 0.2) is 0 Å². The average molecular weight is 332 g/mol. The number of hydrogen-bond acceptors (Lipinski definition) is 4. The molecule has 4 unspecified atom stereocenters. The van der Waals surface area contributed by atoms with Crippen LogP contribution in [0.3, 0.4) is 0 Å². The topological polar surface area (TPSA) is 36.9 Å². The molecule has 2 aliphatic heterocycles. The van der Waals surface area contributed by atoms with Crippen molar-refractivity contribution in [3.8, 4) is 23.0 Å². The summed E-state index contributed by atoms with van der Waals surface area (Å²) in [7, 11) is -0.456. The molecule has 2 fully saturated rings. The van der Waals surface area contributed by atoms with Gasteiger partial charge in [-0.3, -0.25) is 0 Å². The Labute approximate surface area is 147 Å². The highest BCUT2D eigenvalue weighted by Gasteiger charge is 2.64. The maximum atomic E-state index is 6.18. The fraction of sp³-hybridized carbons (Fsp3) is 0.368. The summed E-state index contributed by atoms with van der Waals surface area (Å²) in [4.78, 5) is 0. The minimum absolute atomic E-state index is 0.228. The lowest BCUT2D eigenvalue weighted by atomic mass is 9.48. The van der Waals surface area contributed by atoms with Crippen molar-refractivity contribution >= 4 is 14.2 Å². The summed E-state index contributed by atoms with van der Waals surface area (Å²) in [5, 5.41) is 0. The van der Waals surface area contributed by atoms with Crippen LogP contribution in [0.4, 0.5) is 0 Å². The first-order chi connectivity index (χ1) is 12.4. The third-order valence-corrected chi connectivity index (χ3v) is 6.35. The minimum atomic E-state index is -0.228. The van der Waals surface area contributed by atoms with Crippen LogP contribution < -0.4 is 18.6 Å². The van der Waals surface area contributed by atoms with Crippen LogP contribution in [0.15, 0.2) is 48.5 Å². The van der Waals surface area contributed by atoms with Crippen LogP contribution in [0.1, 0.15) is 19.3 Å². The Hall–Kier alpha value is -2.23. The van der Waals surface area contributed by atoms with Crippen molar-refractivity contribution < 1.29 is 18.6 Å². The van der Waals surface area contributed by atoms with Crippen LogP contribution in [0.5, 0.6) is 23.0 Å². The Morgan fingerprint density at radius 3 is 1.32 bits per heavy atom. The quantitative estimate of drug-likeness (QED) is 0.777. The standard InChI is InChI=1S/C19H18B2O4/c1-2-6-15-14(5-1)22-20(23-15)18-12-9-10-13(11-12)19(18)21-24-16-7-3-4-8-17(16)25-21/h1-8,12-13,18-19H,9-11H2. The molecular formula is C19H18B2O4. The van der Waals surface area contributed by atoms with Crippen molar-refractivity contribution in [3.05, 3.63) is 48.5 Å². The van der Waals surface area contributed by atoms with Gasteiger partial charge in [0.05, 0.1) is 0 Å². The normalized spacial score (nSPS) is 31.0. The predicted octanol–water partition coefficient (Wildman–Crippen LogP) is 4.08. The Bertz CT molecular complexity index is 711. The highest BCUT2D eigenvalue weighted by molar-refractivity contribution is 6.57. The van der Waals surface area contributed by atoms with E-state index in [-0.39, 0.29) is 14.2 Å². The molecular weight excluding hydrogens is 314 g/mol. The monoisotopic (exact) mass is 332 g/mol. The van der Waals surface area contributed by atoms with E-state index in [9.17, 15) is 0 Å². The number of benzene rings is 2. The molecule has 2 aliphatic carbocycles. The zero-order chi connectivity index (χ0) is 16.4. The van der Waals surface area contributed by atoms with Crippen LogP contribution in [0.2, 0.25) is 11.6 Å². The minimum Gasteiger partial charge on any atom is -0.523 e. The van der Waals surface area contributed by atoms with Gasteiger partial charge in [0.2, 0.25) is 0 Å². The average Bonchev–Trinajstić information content (AvgIpc) is 3.41. The fourth-order valence-electron chi connectivity index (χ4n) is 5.34. The van der Waals surface area contributed by atoms with Crippen molar-refractivity contribution in [1.29, 1.82) is 0 Å². The number of rotatable bonds is 2. The molecule has 4 aliphatic rings. The Kier molecular flexibility index (Phi) is 2.87. The van der Waals surface area contributed by atoms with Gasteiger partial charge >= 0.3 is 14.2 Å². The Morgan fingerprint density at radius 1 is 0.600 bits per heavy atom. The number of hydrogen-bond donors (Lipinski definition) is 0. The highest BCUT2D eigenvalue weighted by atomic mass is 16.6. The van der Waals surface area contributed by atoms with Crippen LogP contribution in [0, 0.1) is 11.8 Å². The molecule has 4 atom stereocenters. The van der Waals surface area contributed by atoms with Crippen molar-refractivity contribution in [1.82, 2.24) is 0 Å². The van der Waals surface area contributed by atoms with E-state index in [0.717, 1.165) is 23.0 Å². The lowest BCUT2D eigenvalue weighted by molar-refractivity contribution is 0.356. The first-order valence-electron chi connectivity index (χ1n) is 9.21. The van der Waals surface area contributed by atoms with Gasteiger partial charge in [0.1, 0.15) is 23.0 Å². The second-order valence-electron chi connectivity index (χ2n) is 7.59. The summed E-state index contributed by atoms with van der Waals surface area (Å²) >= 11 is 0. The van der Waals surface area contributed by atoms with Gasteiger partial charge < -0.3 is 18.6 Å². The van der Waals surface area contributed by atoms with Gasteiger partial charge in [-0.15, -0.1) is 0 Å². The summed E-state index contributed by atoms with van der Waals surface area (Å²) in [6.45, 7) is 0. The van der Waals surface area contributed by atoms with E-state index >= 15 is 0 Å². The molecule has 25 heavy (non-hydrogen) atoms. The molecule has 124 valence electrons. The summed E-state index contributed by atoms with van der Waals surface area (Å²) in [6.07, 6.45) is 3.74. The van der Waals surface area contributed by atoms with Crippen molar-refractivity contribution in [2.45, 2.75) is 30.9 Å². The van der Waals surface area contributed by atoms with Crippen LogP contribution in [0.25, 0.3) is 0 Å². The fourth-order valence-corrected chi connectivity index (χ4v) is 5.34. The molecule has 0 saturated heterocycles. The molecule has 0 N–H and O–H groups in total. The molecule has 2 heterocycles. The SMILES string of the molecule is c1ccc2c(c1)OB(C1C3CCC(C3)C1B1Oc3ccccc3O1)O2. The molecule has 0 amide bonds. The molecule has 6 rings (SSSR count). The summed E-state index contributed by atoms with van der Waals surface area (Å²) in [5.74, 6) is 5.29. The highest BCUT2D eigenvalue weighted by Crippen LogP contribution is 2.63. The second kappa shape index (κ2) is 5.13. The lowest BCUT2D eigenvalue weighted by Crippen LogP contribution is -2.44. The van der Waals surface area contributed by atoms with Gasteiger partial charge in [-0.25, -0.2) is 0 Å². The van der Waals surface area contributed by atoms with Gasteiger partial charge in [0.25, 0.3) is 0 Å². The van der Waals surface area contributed by atoms with E-state index in [1.807, 2.05) is 48.5 Å². The first-order valence-corrected chi connectivity index (χ1v) is 9.21. The summed E-state index contributed by atoms with van der Waals surface area (Å²) in [5.41, 5.74) is 0. The van der Waals surface area contributed by atoms with Crippen LogP contribution >= 0.6 is 0 Å². The zero-order valence-corrected chi connectivity index (χ0v) is 13.8. The first kappa shape index (κ1) is 14.0. The molecule has 2 bridgehead atoms. The summed E-state index contributed by atoms with van der Waals surface area (Å²) < 4.78 is 24.7. The van der Waals surface area contributed by atoms with Crippen LogP contribution in [-0.2, 0) is 0 Å². The van der Waals surface area contributed by atoms with E-state index in [1.165, 1.54) is 19.3 Å². The van der Waals surface area contributed by atoms with Crippen molar-refractivity contribution in [2.24, 2.45) is 11.8 Å². The molecule has 2 saturated carbocycles. The van der Waals surface area contributed by atoms with Gasteiger partial charge in [-0.05, 0) is 42.5 Å². The van der Waals surface area contributed by atoms with E-state index in [2.05, 4.69) is 0 Å². The van der Waals surface area contributed by atoms with Crippen molar-refractivity contribution in [2.75, 3.05) is 0 Å². The van der Waals surface area contributed by atoms with E-state index < -0.39 is 0 Å². The maximum absolute atomic E-state index is 6.18. The van der Waals surface area contributed by atoms with Gasteiger partial charge in [0, 0.05) is 11.6 Å². The van der Waals surface area contributed by atoms with E-state index in [1.54, 1.807) is 0 Å². The van der Waals surface area contributed by atoms with Gasteiger partial charge in [-0.1, -0.05) is 37.1 Å². The van der Waals surface area contributed by atoms with Crippen molar-refractivity contribution in [3.63, 3.8) is 0 Å². The largest absolute Gasteiger partial charge is 0.598 e. The number of para-hydroxylation sites is 4. The molecule has 0 spiro atoms. The molecule has 4 nitrogen and oxygen atoms in total. The third-order valence-electron chi connectivity index (χ3n) is 6.35. The van der Waals surface area contributed by atoms with E-state index in [0.29, 0.717) is 23.5 Å². The Balaban J connectivity index is 1.30. The van der Waals surface area contributed by atoms with Crippen LogP contribution in [-0.4, -0.2) is 14.2 Å². The second-order valence-corrected chi connectivity index (χ2v) is 7.59.